The summed E-state index contributed by atoms with van der Waals surface area (Å²) >= 11 is 0. The van der Waals surface area contributed by atoms with E-state index in [9.17, 15) is 9.90 Å². The van der Waals surface area contributed by atoms with E-state index >= 15 is 0 Å². The third kappa shape index (κ3) is 3.80. The van der Waals surface area contributed by atoms with Crippen molar-refractivity contribution in [3.05, 3.63) is 34.9 Å². The van der Waals surface area contributed by atoms with Crippen LogP contribution in [0.3, 0.4) is 0 Å². The standard InChI is InChI=1S/C16H25NO2/c1-11-7-8-12(2)13(9-11)14(17(5)6)10-16(3,4)15(18)19/h7-9,14H,10H2,1-6H3,(H,18,19). The van der Waals surface area contributed by atoms with E-state index in [-0.39, 0.29) is 6.04 Å². The smallest absolute Gasteiger partial charge is 0.309 e. The Morgan fingerprint density at radius 1 is 1.32 bits per heavy atom. The highest BCUT2D eigenvalue weighted by Gasteiger charge is 2.32. The van der Waals surface area contributed by atoms with E-state index in [2.05, 4.69) is 36.9 Å². The topological polar surface area (TPSA) is 40.5 Å². The Morgan fingerprint density at radius 3 is 2.37 bits per heavy atom. The first kappa shape index (κ1) is 15.7. The monoisotopic (exact) mass is 263 g/mol. The Balaban J connectivity index is 3.15. The van der Waals surface area contributed by atoms with Crippen molar-refractivity contribution in [2.24, 2.45) is 5.41 Å². The van der Waals surface area contributed by atoms with Crippen LogP contribution in [-0.2, 0) is 4.79 Å². The lowest BCUT2D eigenvalue weighted by Crippen LogP contribution is -2.31. The number of hydrogen-bond acceptors (Lipinski definition) is 2. The molecule has 19 heavy (non-hydrogen) atoms. The van der Waals surface area contributed by atoms with Crippen LogP contribution in [-0.4, -0.2) is 30.1 Å². The third-order valence-electron chi connectivity index (χ3n) is 3.70. The molecule has 0 aromatic heterocycles. The van der Waals surface area contributed by atoms with Gasteiger partial charge < -0.3 is 10.0 Å². The van der Waals surface area contributed by atoms with Crippen LogP contribution in [0.1, 0.15) is 43.0 Å². The lowest BCUT2D eigenvalue weighted by atomic mass is 9.82. The van der Waals surface area contributed by atoms with Crippen LogP contribution >= 0.6 is 0 Å². The Hall–Kier alpha value is -1.35. The zero-order valence-corrected chi connectivity index (χ0v) is 12.8. The van der Waals surface area contributed by atoms with Crippen molar-refractivity contribution in [3.8, 4) is 0 Å². The molecule has 0 saturated heterocycles. The van der Waals surface area contributed by atoms with E-state index < -0.39 is 11.4 Å². The van der Waals surface area contributed by atoms with Crippen LogP contribution < -0.4 is 0 Å². The van der Waals surface area contributed by atoms with Gasteiger partial charge in [0.1, 0.15) is 0 Å². The Bertz CT molecular complexity index is 464. The van der Waals surface area contributed by atoms with Crippen molar-refractivity contribution in [2.45, 2.75) is 40.2 Å². The van der Waals surface area contributed by atoms with Gasteiger partial charge in [0.25, 0.3) is 0 Å². The van der Waals surface area contributed by atoms with Crippen molar-refractivity contribution >= 4 is 5.97 Å². The maximum absolute atomic E-state index is 11.3. The molecule has 3 nitrogen and oxygen atoms in total. The highest BCUT2D eigenvalue weighted by molar-refractivity contribution is 5.73. The molecule has 0 aliphatic carbocycles. The average molecular weight is 263 g/mol. The molecule has 1 aromatic carbocycles. The zero-order valence-electron chi connectivity index (χ0n) is 12.8. The number of hydrogen-bond donors (Lipinski definition) is 1. The summed E-state index contributed by atoms with van der Waals surface area (Å²) in [5.74, 6) is -0.746. The number of carboxylic acids is 1. The molecule has 106 valence electrons. The van der Waals surface area contributed by atoms with Gasteiger partial charge in [0, 0.05) is 6.04 Å². The van der Waals surface area contributed by atoms with Crippen molar-refractivity contribution in [1.82, 2.24) is 4.90 Å². The van der Waals surface area contributed by atoms with E-state index in [0.717, 1.165) is 0 Å². The Labute approximate surface area is 116 Å². The number of carbonyl (C=O) groups is 1. The molecule has 0 radical (unpaired) electrons. The normalized spacial score (nSPS) is 13.6. The van der Waals surface area contributed by atoms with Gasteiger partial charge >= 0.3 is 5.97 Å². The van der Waals surface area contributed by atoms with E-state index in [1.165, 1.54) is 16.7 Å². The van der Waals surface area contributed by atoms with Gasteiger partial charge in [-0.25, -0.2) is 0 Å². The lowest BCUT2D eigenvalue weighted by Gasteiger charge is -2.32. The molecule has 1 atom stereocenters. The van der Waals surface area contributed by atoms with Crippen LogP contribution in [0.2, 0.25) is 0 Å². The van der Waals surface area contributed by atoms with Crippen LogP contribution in [0.25, 0.3) is 0 Å². The number of aryl methyl sites for hydroxylation is 2. The summed E-state index contributed by atoms with van der Waals surface area (Å²) in [6, 6.07) is 6.48. The van der Waals surface area contributed by atoms with E-state index in [0.29, 0.717) is 6.42 Å². The summed E-state index contributed by atoms with van der Waals surface area (Å²) in [4.78, 5) is 13.4. The predicted molar refractivity (Wildman–Crippen MR) is 78.4 cm³/mol. The van der Waals surface area contributed by atoms with Gasteiger partial charge in [0.15, 0.2) is 0 Å². The third-order valence-corrected chi connectivity index (χ3v) is 3.70. The van der Waals surface area contributed by atoms with Crippen LogP contribution in [0.4, 0.5) is 0 Å². The van der Waals surface area contributed by atoms with Crippen molar-refractivity contribution in [3.63, 3.8) is 0 Å². The van der Waals surface area contributed by atoms with Crippen LogP contribution in [0, 0.1) is 19.3 Å². The second kappa shape index (κ2) is 5.74. The summed E-state index contributed by atoms with van der Waals surface area (Å²) in [6.07, 6.45) is 0.597. The first-order valence-electron chi connectivity index (χ1n) is 6.62. The van der Waals surface area contributed by atoms with Gasteiger partial charge in [-0.2, -0.15) is 0 Å². The van der Waals surface area contributed by atoms with Gasteiger partial charge in [-0.15, -0.1) is 0 Å². The first-order chi connectivity index (χ1) is 8.65. The molecule has 0 spiro atoms. The van der Waals surface area contributed by atoms with E-state index in [1.807, 2.05) is 14.1 Å². The van der Waals surface area contributed by atoms with Gasteiger partial charge in [0.2, 0.25) is 0 Å². The van der Waals surface area contributed by atoms with Crippen LogP contribution in [0.15, 0.2) is 18.2 Å². The zero-order chi connectivity index (χ0) is 14.8. The molecule has 0 saturated carbocycles. The maximum Gasteiger partial charge on any atom is 0.309 e. The van der Waals surface area contributed by atoms with Gasteiger partial charge in [-0.1, -0.05) is 23.8 Å². The molecule has 0 aliphatic heterocycles. The molecular weight excluding hydrogens is 238 g/mol. The number of rotatable bonds is 5. The molecule has 1 unspecified atom stereocenters. The predicted octanol–water partition coefficient (Wildman–Crippen LogP) is 3.41. The van der Waals surface area contributed by atoms with Gasteiger partial charge in [-0.3, -0.25) is 4.79 Å². The van der Waals surface area contributed by atoms with E-state index in [1.54, 1.807) is 13.8 Å². The first-order valence-corrected chi connectivity index (χ1v) is 6.62. The summed E-state index contributed by atoms with van der Waals surface area (Å²) in [5, 5.41) is 9.32. The number of benzene rings is 1. The molecule has 1 N–H and O–H groups in total. The minimum atomic E-state index is -0.746. The molecule has 0 heterocycles. The maximum atomic E-state index is 11.3. The molecule has 0 fully saturated rings. The lowest BCUT2D eigenvalue weighted by molar-refractivity contribution is -0.148. The molecule has 0 aliphatic rings. The summed E-state index contributed by atoms with van der Waals surface area (Å²) in [6.45, 7) is 7.73. The average Bonchev–Trinajstić information content (AvgIpc) is 2.29. The minimum Gasteiger partial charge on any atom is -0.481 e. The van der Waals surface area contributed by atoms with Crippen molar-refractivity contribution in [1.29, 1.82) is 0 Å². The summed E-state index contributed by atoms with van der Waals surface area (Å²) in [5.41, 5.74) is 2.91. The quantitative estimate of drug-likeness (QED) is 0.885. The molecule has 3 heteroatoms. The number of aliphatic carboxylic acids is 1. The SMILES string of the molecule is Cc1ccc(C)c(C(CC(C)(C)C(=O)O)N(C)C)c1. The van der Waals surface area contributed by atoms with Gasteiger partial charge in [0.05, 0.1) is 5.41 Å². The molecule has 0 bridgehead atoms. The van der Waals surface area contributed by atoms with Gasteiger partial charge in [-0.05, 0) is 59.3 Å². The summed E-state index contributed by atoms with van der Waals surface area (Å²) in [7, 11) is 4.01. The second-order valence-electron chi connectivity index (χ2n) is 6.23. The molecule has 0 amide bonds. The van der Waals surface area contributed by atoms with Crippen LogP contribution in [0.5, 0.6) is 0 Å². The second-order valence-corrected chi connectivity index (χ2v) is 6.23. The molecule has 1 rings (SSSR count). The minimum absolute atomic E-state index is 0.117. The molecule has 1 aromatic rings. The highest BCUT2D eigenvalue weighted by Crippen LogP contribution is 2.34. The molecular formula is C16H25NO2. The highest BCUT2D eigenvalue weighted by atomic mass is 16.4. The largest absolute Gasteiger partial charge is 0.481 e. The number of carboxylic acid groups (broad SMARTS) is 1. The fraction of sp³-hybridized carbons (Fsp3) is 0.562. The summed E-state index contributed by atoms with van der Waals surface area (Å²) < 4.78 is 0. The van der Waals surface area contributed by atoms with Crippen molar-refractivity contribution in [2.75, 3.05) is 14.1 Å². The Morgan fingerprint density at radius 2 is 1.89 bits per heavy atom. The fourth-order valence-electron chi connectivity index (χ4n) is 2.26. The van der Waals surface area contributed by atoms with Crippen molar-refractivity contribution < 1.29 is 9.90 Å². The fourth-order valence-corrected chi connectivity index (χ4v) is 2.26. The Kier molecular flexibility index (Phi) is 4.75. The number of nitrogens with zero attached hydrogens (tertiary/aromatic N) is 1. The van der Waals surface area contributed by atoms with E-state index in [4.69, 9.17) is 0 Å².